The van der Waals surface area contributed by atoms with E-state index in [2.05, 4.69) is 36.5 Å². The van der Waals surface area contributed by atoms with Crippen LogP contribution < -0.4 is 10.2 Å². The quantitative estimate of drug-likeness (QED) is 0.252. The van der Waals surface area contributed by atoms with Crippen LogP contribution in [0.5, 0.6) is 0 Å². The molecule has 2 atom stereocenters. The molecule has 0 spiro atoms. The van der Waals surface area contributed by atoms with E-state index in [0.717, 1.165) is 34.2 Å². The minimum Gasteiger partial charge on any atom is -0.452 e. The molecule has 42 heavy (non-hydrogen) atoms. The molecule has 0 aromatic heterocycles. The number of hydrogen-bond acceptors (Lipinski definition) is 5. The van der Waals surface area contributed by atoms with E-state index in [0.29, 0.717) is 11.4 Å². The van der Waals surface area contributed by atoms with Gasteiger partial charge in [0, 0.05) is 17.5 Å². The van der Waals surface area contributed by atoms with Crippen LogP contribution in [0.15, 0.2) is 97.1 Å². The van der Waals surface area contributed by atoms with Crippen LogP contribution in [0.3, 0.4) is 0 Å². The Balaban J connectivity index is 1.07. The normalized spacial score (nSPS) is 21.4. The Morgan fingerprint density at radius 3 is 1.69 bits per heavy atom. The van der Waals surface area contributed by atoms with Crippen LogP contribution in [-0.2, 0) is 25.5 Å². The van der Waals surface area contributed by atoms with Crippen LogP contribution in [0.2, 0.25) is 0 Å². The summed E-state index contributed by atoms with van der Waals surface area (Å²) in [6, 6.07) is 29.9. The molecule has 0 radical (unpaired) electrons. The smallest absolute Gasteiger partial charge is 0.338 e. The second-order valence-corrected chi connectivity index (χ2v) is 11.0. The molecule has 1 fully saturated rings. The number of aryl methyl sites for hydroxylation is 1. The predicted molar refractivity (Wildman–Crippen MR) is 157 cm³/mol. The average Bonchev–Trinajstić information content (AvgIpc) is 3.30. The number of esters is 1. The van der Waals surface area contributed by atoms with Gasteiger partial charge in [-0.2, -0.15) is 0 Å². The summed E-state index contributed by atoms with van der Waals surface area (Å²) in [6.45, 7) is 1.61. The number of carbonyl (C=O) groups excluding carboxylic acids is 4. The number of amides is 3. The van der Waals surface area contributed by atoms with Crippen LogP contribution in [-0.4, -0.2) is 30.3 Å². The Morgan fingerprint density at radius 1 is 0.714 bits per heavy atom. The van der Waals surface area contributed by atoms with Crippen LogP contribution >= 0.6 is 0 Å². The highest BCUT2D eigenvalue weighted by Gasteiger charge is 2.61. The number of carbonyl (C=O) groups is 4. The largest absolute Gasteiger partial charge is 0.452 e. The Labute approximate surface area is 243 Å². The molecular formula is C35H28N2O5. The van der Waals surface area contributed by atoms with Crippen LogP contribution in [0.25, 0.3) is 0 Å². The first-order valence-electron chi connectivity index (χ1n) is 14.2. The van der Waals surface area contributed by atoms with Crippen molar-refractivity contribution in [3.63, 3.8) is 0 Å². The van der Waals surface area contributed by atoms with Crippen molar-refractivity contribution in [3.8, 4) is 0 Å². The summed E-state index contributed by atoms with van der Waals surface area (Å²) in [4.78, 5) is 54.0. The standard InChI is InChI=1S/C35H28N2O5/c1-2-20-11-15-22(16-12-20)36-28(38)19-42-35(41)21-13-17-23(18-14-21)37-33(39)31-29-24-7-3-4-8-25(24)30(32(31)34(37)40)27-10-6-5-9-26(27)29/h3-18,29-32H,2,19H2,1H3,(H,36,38)/t29?,30?,31-,32-/m0/s1. The van der Waals surface area contributed by atoms with Crippen molar-refractivity contribution < 1.29 is 23.9 Å². The number of anilines is 2. The second-order valence-electron chi connectivity index (χ2n) is 11.0. The molecule has 1 heterocycles. The third-order valence-electron chi connectivity index (χ3n) is 8.79. The summed E-state index contributed by atoms with van der Waals surface area (Å²) in [7, 11) is 0. The van der Waals surface area contributed by atoms with Crippen molar-refractivity contribution in [1.82, 2.24) is 0 Å². The number of nitrogens with one attached hydrogen (secondary N) is 1. The van der Waals surface area contributed by atoms with Gasteiger partial charge in [0.05, 0.1) is 23.1 Å². The molecule has 0 saturated carbocycles. The predicted octanol–water partition coefficient (Wildman–Crippen LogP) is 5.44. The van der Waals surface area contributed by atoms with E-state index in [1.807, 2.05) is 36.4 Å². The Bertz CT molecular complexity index is 1630. The summed E-state index contributed by atoms with van der Waals surface area (Å²) in [5, 5.41) is 2.71. The van der Waals surface area contributed by atoms with Gasteiger partial charge in [0.1, 0.15) is 0 Å². The minimum absolute atomic E-state index is 0.182. The van der Waals surface area contributed by atoms with Gasteiger partial charge < -0.3 is 10.1 Å². The third kappa shape index (κ3) is 4.04. The number of rotatable bonds is 6. The van der Waals surface area contributed by atoms with Gasteiger partial charge >= 0.3 is 5.97 Å². The summed E-state index contributed by atoms with van der Waals surface area (Å²) in [5.74, 6) is -2.88. The van der Waals surface area contributed by atoms with Crippen molar-refractivity contribution in [3.05, 3.63) is 130 Å². The molecule has 1 saturated heterocycles. The number of imide groups is 1. The second kappa shape index (κ2) is 10.1. The summed E-state index contributed by atoms with van der Waals surface area (Å²) >= 11 is 0. The molecule has 208 valence electrons. The van der Waals surface area contributed by atoms with E-state index in [1.165, 1.54) is 17.0 Å². The molecule has 8 rings (SSSR count). The molecule has 2 bridgehead atoms. The average molecular weight is 557 g/mol. The van der Waals surface area contributed by atoms with Gasteiger partial charge in [0.2, 0.25) is 11.8 Å². The number of benzene rings is 4. The fourth-order valence-electron chi connectivity index (χ4n) is 6.91. The lowest BCUT2D eigenvalue weighted by atomic mass is 9.55. The van der Waals surface area contributed by atoms with Gasteiger partial charge in [-0.05, 0) is 70.6 Å². The maximum absolute atomic E-state index is 13.9. The Hall–Kier alpha value is -5.04. The number of nitrogens with zero attached hydrogens (tertiary/aromatic N) is 1. The zero-order valence-electron chi connectivity index (χ0n) is 22.9. The van der Waals surface area contributed by atoms with Crippen LogP contribution in [0.1, 0.15) is 56.9 Å². The Kier molecular flexibility index (Phi) is 6.23. The highest BCUT2D eigenvalue weighted by Crippen LogP contribution is 2.61. The van der Waals surface area contributed by atoms with Crippen LogP contribution in [0.4, 0.5) is 11.4 Å². The van der Waals surface area contributed by atoms with Gasteiger partial charge in [-0.3, -0.25) is 14.4 Å². The van der Waals surface area contributed by atoms with E-state index in [9.17, 15) is 19.2 Å². The highest BCUT2D eigenvalue weighted by atomic mass is 16.5. The minimum atomic E-state index is -0.672. The molecule has 4 aromatic carbocycles. The number of ether oxygens (including phenoxy) is 1. The van der Waals surface area contributed by atoms with E-state index in [1.54, 1.807) is 24.3 Å². The highest BCUT2D eigenvalue weighted by molar-refractivity contribution is 6.23. The topological polar surface area (TPSA) is 92.8 Å². The van der Waals surface area contributed by atoms with E-state index in [-0.39, 0.29) is 29.2 Å². The van der Waals surface area contributed by atoms with Gasteiger partial charge in [-0.25, -0.2) is 9.69 Å². The van der Waals surface area contributed by atoms with Gasteiger partial charge in [-0.15, -0.1) is 0 Å². The van der Waals surface area contributed by atoms with Gasteiger partial charge in [0.15, 0.2) is 6.61 Å². The molecule has 1 N–H and O–H groups in total. The zero-order chi connectivity index (χ0) is 29.0. The van der Waals surface area contributed by atoms with E-state index in [4.69, 9.17) is 4.74 Å². The first kappa shape index (κ1) is 25.9. The van der Waals surface area contributed by atoms with Crippen molar-refractivity contribution in [2.45, 2.75) is 25.2 Å². The molecule has 3 amide bonds. The first-order valence-corrected chi connectivity index (χ1v) is 14.2. The lowest BCUT2D eigenvalue weighted by Gasteiger charge is -2.45. The maximum atomic E-state index is 13.9. The maximum Gasteiger partial charge on any atom is 0.338 e. The number of hydrogen-bond donors (Lipinski definition) is 1. The van der Waals surface area contributed by atoms with E-state index >= 15 is 0 Å². The monoisotopic (exact) mass is 556 g/mol. The van der Waals surface area contributed by atoms with E-state index < -0.39 is 30.3 Å². The van der Waals surface area contributed by atoms with Gasteiger partial charge in [0.25, 0.3) is 5.91 Å². The fraction of sp³-hybridized carbons (Fsp3) is 0.200. The molecule has 1 aliphatic heterocycles. The fourth-order valence-corrected chi connectivity index (χ4v) is 6.91. The molecule has 7 nitrogen and oxygen atoms in total. The summed E-state index contributed by atoms with van der Waals surface area (Å²) in [5.41, 5.74) is 6.87. The van der Waals surface area contributed by atoms with Crippen molar-refractivity contribution >= 4 is 35.1 Å². The summed E-state index contributed by atoms with van der Waals surface area (Å²) in [6.07, 6.45) is 0.898. The lowest BCUT2D eigenvalue weighted by Crippen LogP contribution is -2.41. The van der Waals surface area contributed by atoms with Crippen molar-refractivity contribution in [1.29, 1.82) is 0 Å². The summed E-state index contributed by atoms with van der Waals surface area (Å²) < 4.78 is 5.20. The molecule has 7 heteroatoms. The zero-order valence-corrected chi connectivity index (χ0v) is 22.9. The van der Waals surface area contributed by atoms with Crippen LogP contribution in [0, 0.1) is 11.8 Å². The molecule has 3 aliphatic carbocycles. The first-order chi connectivity index (χ1) is 20.5. The van der Waals surface area contributed by atoms with Crippen molar-refractivity contribution in [2.24, 2.45) is 11.8 Å². The lowest BCUT2D eigenvalue weighted by molar-refractivity contribution is -0.122. The third-order valence-corrected chi connectivity index (χ3v) is 8.79. The molecular weight excluding hydrogens is 528 g/mol. The Morgan fingerprint density at radius 2 is 1.21 bits per heavy atom. The molecule has 0 unspecified atom stereocenters. The van der Waals surface area contributed by atoms with Gasteiger partial charge in [-0.1, -0.05) is 67.6 Å². The molecule has 4 aromatic rings. The molecule has 4 aliphatic rings. The van der Waals surface area contributed by atoms with Crippen molar-refractivity contribution in [2.75, 3.05) is 16.8 Å². The SMILES string of the molecule is CCc1ccc(NC(=O)COC(=O)c2ccc(N3C(=O)[C@H]4C5c6ccccc6C(c6ccccc65)[C@@H]4C3=O)cc2)cc1.